The minimum atomic E-state index is -0.328. The first-order valence-corrected chi connectivity index (χ1v) is 4.94. The van der Waals surface area contributed by atoms with Gasteiger partial charge in [0.15, 0.2) is 0 Å². The van der Waals surface area contributed by atoms with Gasteiger partial charge >= 0.3 is 0 Å². The highest BCUT2D eigenvalue weighted by Gasteiger charge is 2.18. The number of hydrogen-bond donors (Lipinski definition) is 2. The van der Waals surface area contributed by atoms with Gasteiger partial charge in [0.1, 0.15) is 5.69 Å². The molecule has 1 aliphatic heterocycles. The van der Waals surface area contributed by atoms with Crippen molar-refractivity contribution in [3.05, 3.63) is 18.2 Å². The summed E-state index contributed by atoms with van der Waals surface area (Å²) in [4.78, 5) is 15.3. The number of ether oxygens (including phenoxy) is 1. The van der Waals surface area contributed by atoms with Crippen molar-refractivity contribution in [2.45, 2.75) is 25.5 Å². The topological polar surface area (TPSA) is 82.2 Å². The van der Waals surface area contributed by atoms with Crippen LogP contribution in [0.1, 0.15) is 23.3 Å². The number of hydrazine groups is 1. The maximum Gasteiger partial charge on any atom is 0.283 e. The van der Waals surface area contributed by atoms with Crippen LogP contribution in [0.5, 0.6) is 0 Å². The first kappa shape index (κ1) is 10.1. The van der Waals surface area contributed by atoms with E-state index in [9.17, 15) is 4.79 Å². The van der Waals surface area contributed by atoms with Crippen molar-refractivity contribution in [2.75, 3.05) is 6.61 Å². The van der Waals surface area contributed by atoms with Crippen molar-refractivity contribution in [2.24, 2.45) is 5.84 Å². The zero-order valence-corrected chi connectivity index (χ0v) is 8.35. The lowest BCUT2D eigenvalue weighted by Crippen LogP contribution is -2.32. The molecule has 1 fully saturated rings. The number of imidazole rings is 1. The Balaban J connectivity index is 2.07. The fourth-order valence-corrected chi connectivity index (χ4v) is 1.74. The Morgan fingerprint density at radius 2 is 2.67 bits per heavy atom. The van der Waals surface area contributed by atoms with Crippen LogP contribution < -0.4 is 11.3 Å². The van der Waals surface area contributed by atoms with Crippen molar-refractivity contribution in [1.29, 1.82) is 0 Å². The molecule has 1 amide bonds. The van der Waals surface area contributed by atoms with E-state index in [1.165, 1.54) is 6.20 Å². The van der Waals surface area contributed by atoms with Crippen LogP contribution in [0.15, 0.2) is 12.5 Å². The Bertz CT molecular complexity index is 344. The number of rotatable bonds is 3. The summed E-state index contributed by atoms with van der Waals surface area (Å²) >= 11 is 0. The maximum atomic E-state index is 11.3. The van der Waals surface area contributed by atoms with Crippen LogP contribution in [0.4, 0.5) is 0 Å². The molecule has 1 aromatic rings. The Morgan fingerprint density at radius 3 is 3.33 bits per heavy atom. The molecule has 1 aromatic heterocycles. The van der Waals surface area contributed by atoms with Crippen LogP contribution in [-0.4, -0.2) is 28.2 Å². The number of carbonyl (C=O) groups is 1. The van der Waals surface area contributed by atoms with Gasteiger partial charge < -0.3 is 9.30 Å². The summed E-state index contributed by atoms with van der Waals surface area (Å²) in [6, 6.07) is 0. The minimum Gasteiger partial charge on any atom is -0.376 e. The first-order valence-electron chi connectivity index (χ1n) is 4.94. The fourth-order valence-electron chi connectivity index (χ4n) is 1.74. The number of nitrogens with zero attached hydrogens (tertiary/aromatic N) is 2. The molecule has 6 nitrogen and oxygen atoms in total. The summed E-state index contributed by atoms with van der Waals surface area (Å²) in [6.07, 6.45) is 5.41. The molecule has 1 atom stereocenters. The van der Waals surface area contributed by atoms with Gasteiger partial charge in [-0.3, -0.25) is 10.2 Å². The molecule has 0 saturated carbocycles. The van der Waals surface area contributed by atoms with Gasteiger partial charge in [0.05, 0.1) is 25.2 Å². The number of carbonyl (C=O) groups excluding carboxylic acids is 1. The van der Waals surface area contributed by atoms with Gasteiger partial charge in [0.25, 0.3) is 5.91 Å². The average Bonchev–Trinajstić information content (AvgIpc) is 2.88. The van der Waals surface area contributed by atoms with Crippen molar-refractivity contribution in [3.8, 4) is 0 Å². The van der Waals surface area contributed by atoms with Crippen LogP contribution >= 0.6 is 0 Å². The summed E-state index contributed by atoms with van der Waals surface area (Å²) in [5.41, 5.74) is 2.56. The quantitative estimate of drug-likeness (QED) is 0.406. The molecule has 6 heteroatoms. The molecule has 2 heterocycles. The van der Waals surface area contributed by atoms with Crippen molar-refractivity contribution in [1.82, 2.24) is 15.0 Å². The lowest BCUT2D eigenvalue weighted by Gasteiger charge is -2.12. The summed E-state index contributed by atoms with van der Waals surface area (Å²) < 4.78 is 7.25. The number of nitrogen functional groups attached to an aromatic ring is 1. The fraction of sp³-hybridized carbons (Fsp3) is 0.556. The molecule has 0 unspecified atom stereocenters. The molecule has 3 N–H and O–H groups in total. The monoisotopic (exact) mass is 210 g/mol. The highest BCUT2D eigenvalue weighted by molar-refractivity contribution is 5.91. The SMILES string of the molecule is NNC(=O)c1cncn1C[C@H]1CCCO1. The van der Waals surface area contributed by atoms with E-state index in [1.807, 2.05) is 0 Å². The molecule has 0 bridgehead atoms. The van der Waals surface area contributed by atoms with Crippen LogP contribution in [0, 0.1) is 0 Å². The zero-order valence-electron chi connectivity index (χ0n) is 8.35. The van der Waals surface area contributed by atoms with Crippen molar-refractivity contribution >= 4 is 5.91 Å². The molecule has 1 aliphatic rings. The third-order valence-corrected chi connectivity index (χ3v) is 2.50. The molecule has 0 radical (unpaired) electrons. The van der Waals surface area contributed by atoms with Gasteiger partial charge in [0, 0.05) is 6.61 Å². The second kappa shape index (κ2) is 4.41. The van der Waals surface area contributed by atoms with E-state index in [0.29, 0.717) is 12.2 Å². The number of nitrogens with one attached hydrogen (secondary N) is 1. The third kappa shape index (κ3) is 2.16. The van der Waals surface area contributed by atoms with Crippen molar-refractivity contribution < 1.29 is 9.53 Å². The van der Waals surface area contributed by atoms with Crippen LogP contribution in [0.2, 0.25) is 0 Å². The van der Waals surface area contributed by atoms with Gasteiger partial charge in [-0.25, -0.2) is 10.8 Å². The standard InChI is InChI=1S/C9H14N4O2/c10-12-9(14)8-4-11-6-13(8)5-7-2-1-3-15-7/h4,6-7H,1-3,5,10H2,(H,12,14)/t7-/m1/s1. The number of aromatic nitrogens is 2. The molecule has 82 valence electrons. The zero-order chi connectivity index (χ0) is 10.7. The number of nitrogens with two attached hydrogens (primary N) is 1. The van der Waals surface area contributed by atoms with Crippen LogP contribution in [0.25, 0.3) is 0 Å². The van der Waals surface area contributed by atoms with Gasteiger partial charge in [-0.1, -0.05) is 0 Å². The average molecular weight is 210 g/mol. The molecule has 1 saturated heterocycles. The van der Waals surface area contributed by atoms with E-state index in [0.717, 1.165) is 19.4 Å². The van der Waals surface area contributed by atoms with Gasteiger partial charge in [-0.05, 0) is 12.8 Å². The minimum absolute atomic E-state index is 0.184. The highest BCUT2D eigenvalue weighted by atomic mass is 16.5. The van der Waals surface area contributed by atoms with Gasteiger partial charge in [0.2, 0.25) is 0 Å². The van der Waals surface area contributed by atoms with E-state index in [-0.39, 0.29) is 12.0 Å². The lowest BCUT2D eigenvalue weighted by atomic mass is 10.2. The molecule has 15 heavy (non-hydrogen) atoms. The van der Waals surface area contributed by atoms with E-state index in [4.69, 9.17) is 10.6 Å². The molecule has 0 aromatic carbocycles. The molecular weight excluding hydrogens is 196 g/mol. The van der Waals surface area contributed by atoms with Crippen molar-refractivity contribution in [3.63, 3.8) is 0 Å². The molecule has 0 spiro atoms. The number of amides is 1. The summed E-state index contributed by atoms with van der Waals surface area (Å²) in [5, 5.41) is 0. The maximum absolute atomic E-state index is 11.3. The molecule has 2 rings (SSSR count). The van der Waals surface area contributed by atoms with E-state index >= 15 is 0 Å². The normalized spacial score (nSPS) is 20.5. The Kier molecular flexibility index (Phi) is 2.98. The summed E-state index contributed by atoms with van der Waals surface area (Å²) in [5.74, 6) is 4.74. The second-order valence-electron chi connectivity index (χ2n) is 3.54. The molecule has 0 aliphatic carbocycles. The first-order chi connectivity index (χ1) is 7.31. The van der Waals surface area contributed by atoms with Gasteiger partial charge in [-0.2, -0.15) is 0 Å². The Morgan fingerprint density at radius 1 is 1.80 bits per heavy atom. The second-order valence-corrected chi connectivity index (χ2v) is 3.54. The smallest absolute Gasteiger partial charge is 0.283 e. The lowest BCUT2D eigenvalue weighted by molar-refractivity contribution is 0.0896. The largest absolute Gasteiger partial charge is 0.376 e. The van der Waals surface area contributed by atoms with Gasteiger partial charge in [-0.15, -0.1) is 0 Å². The van der Waals surface area contributed by atoms with Crippen LogP contribution in [-0.2, 0) is 11.3 Å². The van der Waals surface area contributed by atoms with E-state index in [1.54, 1.807) is 10.9 Å². The number of hydrogen-bond acceptors (Lipinski definition) is 4. The highest BCUT2D eigenvalue weighted by Crippen LogP contribution is 2.14. The summed E-state index contributed by atoms with van der Waals surface area (Å²) in [6.45, 7) is 1.46. The van der Waals surface area contributed by atoms with E-state index in [2.05, 4.69) is 10.4 Å². The molecular formula is C9H14N4O2. The summed E-state index contributed by atoms with van der Waals surface area (Å²) in [7, 11) is 0. The predicted octanol–water partition coefficient (Wildman–Crippen LogP) is -0.334. The predicted molar refractivity (Wildman–Crippen MR) is 52.9 cm³/mol. The third-order valence-electron chi connectivity index (χ3n) is 2.50. The Labute approximate surface area is 87.4 Å². The Hall–Kier alpha value is -1.40. The van der Waals surface area contributed by atoms with Crippen LogP contribution in [0.3, 0.4) is 0 Å². The van der Waals surface area contributed by atoms with E-state index < -0.39 is 0 Å².